The molecule has 0 amide bonds. The van der Waals surface area contributed by atoms with E-state index in [1.165, 1.54) is 58.6 Å². The number of anilines is 3. The van der Waals surface area contributed by atoms with Gasteiger partial charge in [0.2, 0.25) is 0 Å². The molecule has 0 radical (unpaired) electrons. The summed E-state index contributed by atoms with van der Waals surface area (Å²) in [7, 11) is 0. The number of fused-ring (bicyclic) bond motifs is 8. The summed E-state index contributed by atoms with van der Waals surface area (Å²) in [4.78, 5) is 2.43. The molecule has 11 aromatic rings. The zero-order chi connectivity index (χ0) is 34.9. The highest BCUT2D eigenvalue weighted by Gasteiger charge is 2.23. The van der Waals surface area contributed by atoms with E-state index in [9.17, 15) is 0 Å². The van der Waals surface area contributed by atoms with Crippen molar-refractivity contribution >= 4 is 92.1 Å². The molecule has 0 bridgehead atoms. The quantitative estimate of drug-likeness (QED) is 0.178. The summed E-state index contributed by atoms with van der Waals surface area (Å²) in [6.07, 6.45) is 0. The Morgan fingerprint density at radius 2 is 1.09 bits per heavy atom. The van der Waals surface area contributed by atoms with Gasteiger partial charge in [0.05, 0.1) is 11.1 Å². The van der Waals surface area contributed by atoms with Gasteiger partial charge in [-0.2, -0.15) is 0 Å². The number of para-hydroxylation sites is 2. The first kappa shape index (κ1) is 30.0. The Labute approximate surface area is 310 Å². The topological polar surface area (TPSA) is 16.4 Å². The molecule has 3 heteroatoms. The summed E-state index contributed by atoms with van der Waals surface area (Å²) in [6.45, 7) is 0. The summed E-state index contributed by atoms with van der Waals surface area (Å²) < 4.78 is 9.09. The molecule has 248 valence electrons. The van der Waals surface area contributed by atoms with Crippen LogP contribution in [0.4, 0.5) is 17.1 Å². The van der Waals surface area contributed by atoms with E-state index in [1.54, 1.807) is 0 Å². The average Bonchev–Trinajstić information content (AvgIpc) is 3.79. The minimum atomic E-state index is 0.886. The first-order valence-electron chi connectivity index (χ1n) is 18.0. The molecule has 2 aromatic heterocycles. The molecule has 0 aliphatic heterocycles. The van der Waals surface area contributed by atoms with Crippen LogP contribution in [0.2, 0.25) is 0 Å². The molecule has 0 spiro atoms. The van der Waals surface area contributed by atoms with Gasteiger partial charge in [0.15, 0.2) is 0 Å². The van der Waals surface area contributed by atoms with Gasteiger partial charge in [0.25, 0.3) is 0 Å². The Bertz CT molecular complexity index is 3170. The molecule has 0 fully saturated rings. The highest BCUT2D eigenvalue weighted by atomic mass is 32.1. The van der Waals surface area contributed by atoms with Gasteiger partial charge in [-0.3, -0.25) is 0 Å². The lowest BCUT2D eigenvalue weighted by atomic mass is 9.96. The Hall–Kier alpha value is -6.68. The van der Waals surface area contributed by atoms with E-state index in [0.717, 1.165) is 44.4 Å². The Morgan fingerprint density at radius 1 is 0.377 bits per heavy atom. The maximum Gasteiger partial charge on any atom is 0.138 e. The second-order valence-corrected chi connectivity index (χ2v) is 14.8. The minimum Gasteiger partial charge on any atom is -0.456 e. The highest BCUT2D eigenvalue weighted by molar-refractivity contribution is 7.26. The molecule has 0 N–H and O–H groups in total. The van der Waals surface area contributed by atoms with Gasteiger partial charge < -0.3 is 9.32 Å². The lowest BCUT2D eigenvalue weighted by molar-refractivity contribution is 0.669. The van der Waals surface area contributed by atoms with Crippen molar-refractivity contribution in [1.29, 1.82) is 0 Å². The molecule has 0 atom stereocenters. The molecule has 0 saturated carbocycles. The van der Waals surface area contributed by atoms with Gasteiger partial charge in [-0.05, 0) is 93.0 Å². The Kier molecular flexibility index (Phi) is 6.76. The fraction of sp³-hybridized carbons (Fsp3) is 0. The summed E-state index contributed by atoms with van der Waals surface area (Å²) in [5.74, 6) is 0. The fourth-order valence-electron chi connectivity index (χ4n) is 8.15. The molecular weight excluding hydrogens is 663 g/mol. The summed E-state index contributed by atoms with van der Waals surface area (Å²) in [5, 5.41) is 9.62. The summed E-state index contributed by atoms with van der Waals surface area (Å²) in [5.41, 5.74) is 10.0. The molecule has 53 heavy (non-hydrogen) atoms. The van der Waals surface area contributed by atoms with Crippen LogP contribution in [0.5, 0.6) is 0 Å². The van der Waals surface area contributed by atoms with Crippen LogP contribution in [0, 0.1) is 0 Å². The SMILES string of the molecule is c1ccc(N(c2ccc3sc4cccc(-c5ccc(-c6ccc7ccccc7c6)cc5)c4c3c2)c2c3ccccc3cc3oc4ccccc4c23)cc1. The van der Waals surface area contributed by atoms with E-state index in [0.29, 0.717) is 0 Å². The normalized spacial score (nSPS) is 11.8. The summed E-state index contributed by atoms with van der Waals surface area (Å²) in [6, 6.07) is 68.0. The molecule has 0 aliphatic rings. The maximum absolute atomic E-state index is 6.53. The van der Waals surface area contributed by atoms with Crippen molar-refractivity contribution in [2.24, 2.45) is 0 Å². The van der Waals surface area contributed by atoms with Crippen LogP contribution < -0.4 is 4.90 Å². The maximum atomic E-state index is 6.53. The van der Waals surface area contributed by atoms with Gasteiger partial charge in [-0.1, -0.05) is 133 Å². The number of hydrogen-bond donors (Lipinski definition) is 0. The van der Waals surface area contributed by atoms with Crippen molar-refractivity contribution in [2.75, 3.05) is 4.90 Å². The number of benzene rings is 9. The molecule has 2 heterocycles. The molecule has 11 rings (SSSR count). The lowest BCUT2D eigenvalue weighted by Gasteiger charge is -2.28. The smallest absolute Gasteiger partial charge is 0.138 e. The first-order chi connectivity index (χ1) is 26.3. The molecule has 2 nitrogen and oxygen atoms in total. The van der Waals surface area contributed by atoms with E-state index < -0.39 is 0 Å². The first-order valence-corrected chi connectivity index (χ1v) is 18.8. The van der Waals surface area contributed by atoms with Crippen molar-refractivity contribution in [3.05, 3.63) is 188 Å². The molecular formula is C50H31NOS. The van der Waals surface area contributed by atoms with Crippen LogP contribution in [-0.2, 0) is 0 Å². The molecule has 0 aliphatic carbocycles. The van der Waals surface area contributed by atoms with Crippen LogP contribution in [0.3, 0.4) is 0 Å². The third-order valence-corrected chi connectivity index (χ3v) is 11.8. The van der Waals surface area contributed by atoms with E-state index in [2.05, 4.69) is 187 Å². The second kappa shape index (κ2) is 11.9. The van der Waals surface area contributed by atoms with Gasteiger partial charge in [0.1, 0.15) is 11.2 Å². The van der Waals surface area contributed by atoms with Crippen LogP contribution in [0.1, 0.15) is 0 Å². The third-order valence-electron chi connectivity index (χ3n) is 10.6. The van der Waals surface area contributed by atoms with E-state index in [4.69, 9.17) is 4.42 Å². The van der Waals surface area contributed by atoms with E-state index in [1.807, 2.05) is 17.4 Å². The van der Waals surface area contributed by atoms with E-state index in [-0.39, 0.29) is 0 Å². The van der Waals surface area contributed by atoms with Crippen molar-refractivity contribution in [2.45, 2.75) is 0 Å². The van der Waals surface area contributed by atoms with Crippen LogP contribution in [0.25, 0.3) is 85.9 Å². The van der Waals surface area contributed by atoms with Crippen LogP contribution in [0.15, 0.2) is 192 Å². The summed E-state index contributed by atoms with van der Waals surface area (Å²) >= 11 is 1.86. The predicted molar refractivity (Wildman–Crippen MR) is 227 cm³/mol. The Balaban J connectivity index is 1.12. The van der Waals surface area contributed by atoms with Gasteiger partial charge in [0, 0.05) is 42.3 Å². The molecule has 0 saturated heterocycles. The van der Waals surface area contributed by atoms with Crippen molar-refractivity contribution in [3.63, 3.8) is 0 Å². The monoisotopic (exact) mass is 693 g/mol. The lowest BCUT2D eigenvalue weighted by Crippen LogP contribution is -2.10. The Morgan fingerprint density at radius 3 is 1.96 bits per heavy atom. The van der Waals surface area contributed by atoms with Crippen molar-refractivity contribution < 1.29 is 4.42 Å². The van der Waals surface area contributed by atoms with Gasteiger partial charge in [-0.25, -0.2) is 0 Å². The predicted octanol–water partition coefficient (Wildman–Crippen LogP) is 15.1. The van der Waals surface area contributed by atoms with Crippen LogP contribution in [-0.4, -0.2) is 0 Å². The number of thiophene rings is 1. The molecule has 9 aromatic carbocycles. The number of hydrogen-bond acceptors (Lipinski definition) is 3. The minimum absolute atomic E-state index is 0.886. The average molecular weight is 694 g/mol. The number of nitrogens with zero attached hydrogens (tertiary/aromatic N) is 1. The second-order valence-electron chi connectivity index (χ2n) is 13.7. The number of rotatable bonds is 5. The highest BCUT2D eigenvalue weighted by Crippen LogP contribution is 2.49. The van der Waals surface area contributed by atoms with Gasteiger partial charge >= 0.3 is 0 Å². The van der Waals surface area contributed by atoms with Gasteiger partial charge in [-0.15, -0.1) is 11.3 Å². The fourth-order valence-corrected chi connectivity index (χ4v) is 9.26. The third kappa shape index (κ3) is 4.86. The van der Waals surface area contributed by atoms with Crippen molar-refractivity contribution in [1.82, 2.24) is 0 Å². The zero-order valence-corrected chi connectivity index (χ0v) is 29.5. The largest absolute Gasteiger partial charge is 0.456 e. The zero-order valence-electron chi connectivity index (χ0n) is 28.7. The van der Waals surface area contributed by atoms with E-state index >= 15 is 0 Å². The van der Waals surface area contributed by atoms with Crippen molar-refractivity contribution in [3.8, 4) is 22.3 Å². The van der Waals surface area contributed by atoms with Crippen LogP contribution >= 0.6 is 11.3 Å². The molecule has 0 unspecified atom stereocenters. The standard InChI is InChI=1S/C50H31NOS/c1-2-14-38(15-3-1)51(50-41-16-7-6-13-37(41)30-45-49(50)42-17-8-9-19-44(42)52-45)39-27-28-46-43(31-39)48-40(18-10-20-47(48)53-46)34-24-21-33(22-25-34)36-26-23-32-11-4-5-12-35(32)29-36/h1-31H. The number of furan rings is 1.